The molecule has 0 saturated heterocycles. The van der Waals surface area contributed by atoms with Crippen LogP contribution >= 0.6 is 0 Å². The van der Waals surface area contributed by atoms with Crippen molar-refractivity contribution < 1.29 is 27.5 Å². The molecule has 88 valence electrons. The van der Waals surface area contributed by atoms with Gasteiger partial charge in [-0.3, -0.25) is 4.84 Å². The molecule has 0 aliphatic heterocycles. The van der Waals surface area contributed by atoms with Crippen molar-refractivity contribution >= 4 is 16.0 Å². The number of nitrogens with one attached hydrogen (secondary N) is 1. The Morgan fingerprint density at radius 2 is 2.19 bits per heavy atom. The lowest BCUT2D eigenvalue weighted by molar-refractivity contribution is -0.143. The molecule has 1 aromatic rings. The first-order chi connectivity index (χ1) is 7.42. The molecule has 16 heavy (non-hydrogen) atoms. The van der Waals surface area contributed by atoms with E-state index in [0.717, 1.165) is 18.2 Å². The molecule has 8 heteroatoms. The Labute approximate surface area is 90.7 Å². The van der Waals surface area contributed by atoms with Crippen LogP contribution in [0, 0.1) is 5.82 Å². The maximum absolute atomic E-state index is 12.7. The van der Waals surface area contributed by atoms with E-state index in [0.29, 0.717) is 0 Å². The van der Waals surface area contributed by atoms with E-state index in [2.05, 4.69) is 4.84 Å². The van der Waals surface area contributed by atoms with Gasteiger partial charge < -0.3 is 5.11 Å². The summed E-state index contributed by atoms with van der Waals surface area (Å²) in [5.41, 5.74) is 0. The normalized spacial score (nSPS) is 11.3. The smallest absolute Gasteiger partial charge is 0.331 e. The second-order valence-electron chi connectivity index (χ2n) is 2.73. The molecule has 0 amide bonds. The van der Waals surface area contributed by atoms with Crippen molar-refractivity contribution in [2.24, 2.45) is 0 Å². The summed E-state index contributed by atoms with van der Waals surface area (Å²) in [5.74, 6) is -2.05. The van der Waals surface area contributed by atoms with Crippen LogP contribution in [0.5, 0.6) is 0 Å². The van der Waals surface area contributed by atoms with Gasteiger partial charge in [0.1, 0.15) is 5.82 Å². The fourth-order valence-corrected chi connectivity index (χ4v) is 1.69. The molecule has 0 saturated carbocycles. The molecule has 0 aliphatic carbocycles. The first-order valence-corrected chi connectivity index (χ1v) is 5.51. The van der Waals surface area contributed by atoms with Gasteiger partial charge in [-0.2, -0.15) is 0 Å². The number of carboxylic acids is 1. The molecule has 0 fully saturated rings. The summed E-state index contributed by atoms with van der Waals surface area (Å²) >= 11 is 0. The zero-order valence-electron chi connectivity index (χ0n) is 7.88. The first-order valence-electron chi connectivity index (χ1n) is 4.03. The standard InChI is InChI=1S/C8H8FNO5S/c9-6-2-1-3-7(4-6)16(13,14)10-15-5-8(11)12/h1-4,10H,5H2,(H,11,12). The van der Waals surface area contributed by atoms with Gasteiger partial charge in [0.25, 0.3) is 10.0 Å². The number of carboxylic acid groups (broad SMARTS) is 1. The number of halogens is 1. The lowest BCUT2D eigenvalue weighted by Crippen LogP contribution is -2.26. The molecule has 0 aliphatic rings. The largest absolute Gasteiger partial charge is 0.479 e. The third-order valence-electron chi connectivity index (χ3n) is 1.47. The van der Waals surface area contributed by atoms with Gasteiger partial charge in [-0.1, -0.05) is 11.0 Å². The van der Waals surface area contributed by atoms with Gasteiger partial charge in [0, 0.05) is 0 Å². The summed E-state index contributed by atoms with van der Waals surface area (Å²) in [6.45, 7) is -0.825. The monoisotopic (exact) mass is 249 g/mol. The quantitative estimate of drug-likeness (QED) is 0.723. The van der Waals surface area contributed by atoms with Crippen LogP contribution in [0.15, 0.2) is 29.2 Å². The van der Waals surface area contributed by atoms with Crippen LogP contribution in [0.2, 0.25) is 0 Å². The molecule has 0 heterocycles. The van der Waals surface area contributed by atoms with Gasteiger partial charge in [-0.25, -0.2) is 17.6 Å². The van der Waals surface area contributed by atoms with E-state index in [1.165, 1.54) is 6.07 Å². The molecule has 0 unspecified atom stereocenters. The number of benzene rings is 1. The van der Waals surface area contributed by atoms with Gasteiger partial charge in [0.05, 0.1) is 4.90 Å². The molecule has 1 rings (SSSR count). The lowest BCUT2D eigenvalue weighted by atomic mass is 10.4. The second-order valence-corrected chi connectivity index (χ2v) is 4.37. The molecule has 0 spiro atoms. The predicted molar refractivity (Wildman–Crippen MR) is 50.3 cm³/mol. The molecule has 6 nitrogen and oxygen atoms in total. The van der Waals surface area contributed by atoms with E-state index in [4.69, 9.17) is 5.11 Å². The summed E-state index contributed by atoms with van der Waals surface area (Å²) in [5, 5.41) is 8.21. The van der Waals surface area contributed by atoms with Crippen molar-refractivity contribution in [1.29, 1.82) is 0 Å². The van der Waals surface area contributed by atoms with Crippen LogP contribution in [0.4, 0.5) is 4.39 Å². The SMILES string of the molecule is O=C(O)CONS(=O)(=O)c1cccc(F)c1. The Morgan fingerprint density at radius 3 is 2.75 bits per heavy atom. The van der Waals surface area contributed by atoms with Crippen LogP contribution in [-0.4, -0.2) is 26.1 Å². The summed E-state index contributed by atoms with van der Waals surface area (Å²) in [6.07, 6.45) is 0. The fraction of sp³-hybridized carbons (Fsp3) is 0.125. The minimum atomic E-state index is -4.05. The molecular formula is C8H8FNO5S. The second kappa shape index (κ2) is 5.01. The average Bonchev–Trinajstić information content (AvgIpc) is 2.16. The Kier molecular flexibility index (Phi) is 3.93. The predicted octanol–water partition coefficient (Wildman–Crippen LogP) is 0.120. The van der Waals surface area contributed by atoms with Gasteiger partial charge >= 0.3 is 5.97 Å². The third kappa shape index (κ3) is 3.57. The Balaban J connectivity index is 2.74. The van der Waals surface area contributed by atoms with E-state index >= 15 is 0 Å². The van der Waals surface area contributed by atoms with Crippen LogP contribution in [-0.2, 0) is 19.7 Å². The summed E-state index contributed by atoms with van der Waals surface area (Å²) in [6, 6.07) is 4.22. The van der Waals surface area contributed by atoms with E-state index in [-0.39, 0.29) is 4.90 Å². The van der Waals surface area contributed by atoms with Gasteiger partial charge in [-0.05, 0) is 18.2 Å². The molecule has 0 radical (unpaired) electrons. The lowest BCUT2D eigenvalue weighted by Gasteiger charge is -2.05. The molecule has 0 bridgehead atoms. The van der Waals surface area contributed by atoms with E-state index in [1.807, 2.05) is 0 Å². The molecule has 0 aromatic heterocycles. The van der Waals surface area contributed by atoms with Crippen LogP contribution in [0.25, 0.3) is 0 Å². The Bertz CT molecular complexity index is 487. The highest BCUT2D eigenvalue weighted by atomic mass is 32.2. The highest BCUT2D eigenvalue weighted by Gasteiger charge is 2.15. The summed E-state index contributed by atoms with van der Waals surface area (Å²) in [4.78, 5) is 15.5. The van der Waals surface area contributed by atoms with Crippen molar-refractivity contribution in [1.82, 2.24) is 4.89 Å². The minimum Gasteiger partial charge on any atom is -0.479 e. The third-order valence-corrected chi connectivity index (χ3v) is 2.68. The maximum atomic E-state index is 12.7. The number of hydrogen-bond donors (Lipinski definition) is 2. The van der Waals surface area contributed by atoms with Crippen molar-refractivity contribution in [2.75, 3.05) is 6.61 Å². The number of rotatable bonds is 5. The van der Waals surface area contributed by atoms with Crippen molar-refractivity contribution in [3.05, 3.63) is 30.1 Å². The van der Waals surface area contributed by atoms with E-state index in [1.54, 1.807) is 4.89 Å². The van der Waals surface area contributed by atoms with Gasteiger partial charge in [-0.15, -0.1) is 0 Å². The first kappa shape index (κ1) is 12.6. The minimum absolute atomic E-state index is 0.349. The molecule has 2 N–H and O–H groups in total. The zero-order chi connectivity index (χ0) is 12.2. The Morgan fingerprint density at radius 1 is 1.50 bits per heavy atom. The maximum Gasteiger partial charge on any atom is 0.331 e. The van der Waals surface area contributed by atoms with Crippen LogP contribution in [0.1, 0.15) is 0 Å². The topological polar surface area (TPSA) is 92.7 Å². The van der Waals surface area contributed by atoms with Crippen LogP contribution < -0.4 is 4.89 Å². The average molecular weight is 249 g/mol. The number of sulfonamides is 1. The molecule has 1 aromatic carbocycles. The van der Waals surface area contributed by atoms with Crippen molar-refractivity contribution in [2.45, 2.75) is 4.90 Å². The van der Waals surface area contributed by atoms with Gasteiger partial charge in [0.2, 0.25) is 0 Å². The van der Waals surface area contributed by atoms with E-state index < -0.39 is 28.4 Å². The number of carbonyl (C=O) groups is 1. The zero-order valence-corrected chi connectivity index (χ0v) is 8.70. The highest BCUT2D eigenvalue weighted by molar-refractivity contribution is 7.89. The molecular weight excluding hydrogens is 241 g/mol. The highest BCUT2D eigenvalue weighted by Crippen LogP contribution is 2.09. The molecule has 0 atom stereocenters. The summed E-state index contributed by atoms with van der Waals surface area (Å²) < 4.78 is 35.5. The Hall–Kier alpha value is -1.51. The van der Waals surface area contributed by atoms with Crippen molar-refractivity contribution in [3.63, 3.8) is 0 Å². The number of aliphatic carboxylic acids is 1. The summed E-state index contributed by atoms with van der Waals surface area (Å²) in [7, 11) is -4.05. The van der Waals surface area contributed by atoms with Crippen LogP contribution in [0.3, 0.4) is 0 Å². The fourth-order valence-electron chi connectivity index (χ4n) is 0.851. The van der Waals surface area contributed by atoms with Gasteiger partial charge in [0.15, 0.2) is 6.61 Å². The van der Waals surface area contributed by atoms with Crippen molar-refractivity contribution in [3.8, 4) is 0 Å². The number of hydrogen-bond acceptors (Lipinski definition) is 4. The van der Waals surface area contributed by atoms with E-state index in [9.17, 15) is 17.6 Å².